The number of rotatable bonds is 8. The number of ether oxygens (including phenoxy) is 4. The number of hydrogen-bond acceptors (Lipinski definition) is 8. The Bertz CT molecular complexity index is 1040. The number of benzene rings is 1. The normalized spacial score (nSPS) is 17.4. The van der Waals surface area contributed by atoms with E-state index in [1.54, 1.807) is 43.9 Å². The highest BCUT2D eigenvalue weighted by Gasteiger charge is 2.34. The van der Waals surface area contributed by atoms with Crippen molar-refractivity contribution in [3.63, 3.8) is 0 Å². The third-order valence-electron chi connectivity index (χ3n) is 6.16. The number of likely N-dealkylation sites (tertiary alicyclic amines) is 1. The zero-order chi connectivity index (χ0) is 26.9. The van der Waals surface area contributed by atoms with Crippen molar-refractivity contribution in [3.05, 3.63) is 29.3 Å². The number of piperidine rings is 1. The van der Waals surface area contributed by atoms with E-state index in [1.807, 2.05) is 0 Å². The van der Waals surface area contributed by atoms with Crippen LogP contribution in [0.15, 0.2) is 23.2 Å². The first-order valence-corrected chi connectivity index (χ1v) is 12.4. The molecule has 202 valence electrons. The Balaban J connectivity index is 1.62. The largest absolute Gasteiger partial charge is 0.491 e. The molecule has 3 amide bonds. The van der Waals surface area contributed by atoms with Gasteiger partial charge in [-0.1, -0.05) is 6.07 Å². The van der Waals surface area contributed by atoms with Crippen molar-refractivity contribution < 1.29 is 38.1 Å². The van der Waals surface area contributed by atoms with Crippen LogP contribution in [-0.4, -0.2) is 97.7 Å². The summed E-state index contributed by atoms with van der Waals surface area (Å²) in [5.74, 6) is -0.669. The van der Waals surface area contributed by atoms with Gasteiger partial charge in [0.25, 0.3) is 5.91 Å². The quantitative estimate of drug-likeness (QED) is 0.305. The lowest BCUT2D eigenvalue weighted by atomic mass is 10.1. The highest BCUT2D eigenvalue weighted by atomic mass is 16.6. The molecule has 12 nitrogen and oxygen atoms in total. The van der Waals surface area contributed by atoms with E-state index in [9.17, 15) is 19.2 Å². The van der Waals surface area contributed by atoms with E-state index in [4.69, 9.17) is 24.7 Å². The van der Waals surface area contributed by atoms with Crippen molar-refractivity contribution in [3.8, 4) is 5.75 Å². The summed E-state index contributed by atoms with van der Waals surface area (Å²) in [7, 11) is 0. The number of amides is 3. The van der Waals surface area contributed by atoms with Crippen molar-refractivity contribution in [1.29, 1.82) is 0 Å². The van der Waals surface area contributed by atoms with Gasteiger partial charge in [-0.3, -0.25) is 9.59 Å². The highest BCUT2D eigenvalue weighted by molar-refractivity contribution is 6.05. The Kier molecular flexibility index (Phi) is 9.84. The van der Waals surface area contributed by atoms with Gasteiger partial charge < -0.3 is 34.5 Å². The Labute approximate surface area is 215 Å². The molecule has 1 fully saturated rings. The van der Waals surface area contributed by atoms with Crippen molar-refractivity contribution in [1.82, 2.24) is 9.80 Å². The van der Waals surface area contributed by atoms with Crippen LogP contribution in [0.2, 0.25) is 0 Å². The molecule has 1 saturated heterocycles. The minimum atomic E-state index is -0.806. The Morgan fingerprint density at radius 1 is 1.14 bits per heavy atom. The number of nitrogens with two attached hydrogens (primary N) is 1. The van der Waals surface area contributed by atoms with Crippen LogP contribution in [0.3, 0.4) is 0 Å². The molecule has 37 heavy (non-hydrogen) atoms. The van der Waals surface area contributed by atoms with Crippen LogP contribution >= 0.6 is 0 Å². The standard InChI is InChI=1S/C25H34N4O8/c1-4-34-21(30)15-37-18-8-10-28(11-9-18)23(31)16(3)29-12-13-36-20-14-17(6-7-19(20)24(29)32)22(26)27-25(33)35-5-2/h6-7,14,16,18H,4-5,8-13,15H2,1-3H3,(H2,26,27,33)/t16-/m0/s1. The van der Waals surface area contributed by atoms with E-state index in [1.165, 1.54) is 4.90 Å². The molecule has 2 N–H and O–H groups in total. The van der Waals surface area contributed by atoms with Crippen molar-refractivity contribution >= 4 is 29.7 Å². The molecule has 1 atom stereocenters. The molecular weight excluding hydrogens is 484 g/mol. The number of carbonyl (C=O) groups excluding carboxylic acids is 4. The number of carbonyl (C=O) groups is 4. The fraction of sp³-hybridized carbons (Fsp3) is 0.560. The monoisotopic (exact) mass is 518 g/mol. The molecule has 1 aromatic carbocycles. The summed E-state index contributed by atoms with van der Waals surface area (Å²) in [4.78, 5) is 56.5. The molecule has 0 radical (unpaired) electrons. The maximum Gasteiger partial charge on any atom is 0.435 e. The van der Waals surface area contributed by atoms with Gasteiger partial charge in [-0.05, 0) is 45.7 Å². The summed E-state index contributed by atoms with van der Waals surface area (Å²) in [5.41, 5.74) is 6.60. The average molecular weight is 519 g/mol. The second-order valence-electron chi connectivity index (χ2n) is 8.57. The van der Waals surface area contributed by atoms with Crippen LogP contribution in [0.25, 0.3) is 0 Å². The number of nitrogens with zero attached hydrogens (tertiary/aromatic N) is 3. The minimum absolute atomic E-state index is 0.0587. The van der Waals surface area contributed by atoms with Gasteiger partial charge in [-0.25, -0.2) is 9.59 Å². The van der Waals surface area contributed by atoms with E-state index < -0.39 is 18.1 Å². The molecule has 12 heteroatoms. The lowest BCUT2D eigenvalue weighted by Gasteiger charge is -2.36. The van der Waals surface area contributed by atoms with Gasteiger partial charge in [-0.15, -0.1) is 0 Å². The Morgan fingerprint density at radius 2 is 1.84 bits per heavy atom. The van der Waals surface area contributed by atoms with Crippen LogP contribution in [0.5, 0.6) is 5.75 Å². The van der Waals surface area contributed by atoms with Gasteiger partial charge in [0.1, 0.15) is 30.8 Å². The number of fused-ring (bicyclic) bond motifs is 1. The lowest BCUT2D eigenvalue weighted by molar-refractivity contribution is -0.152. The second-order valence-corrected chi connectivity index (χ2v) is 8.57. The molecule has 0 spiro atoms. The van der Waals surface area contributed by atoms with E-state index in [0.29, 0.717) is 43.9 Å². The number of hydrogen-bond donors (Lipinski definition) is 1. The zero-order valence-corrected chi connectivity index (χ0v) is 21.4. The molecule has 0 aliphatic carbocycles. The third-order valence-corrected chi connectivity index (χ3v) is 6.16. The summed E-state index contributed by atoms with van der Waals surface area (Å²) in [5, 5.41) is 0. The molecule has 0 aromatic heterocycles. The Hall–Kier alpha value is -3.67. The van der Waals surface area contributed by atoms with E-state index in [-0.39, 0.29) is 55.7 Å². The van der Waals surface area contributed by atoms with Crippen molar-refractivity contribution in [2.24, 2.45) is 10.7 Å². The first kappa shape index (κ1) is 27.9. The van der Waals surface area contributed by atoms with Gasteiger partial charge in [-0.2, -0.15) is 4.99 Å². The van der Waals surface area contributed by atoms with Crippen LogP contribution in [-0.2, 0) is 23.8 Å². The molecule has 2 aliphatic heterocycles. The molecule has 1 aromatic rings. The summed E-state index contributed by atoms with van der Waals surface area (Å²) < 4.78 is 21.0. The van der Waals surface area contributed by atoms with E-state index in [0.717, 1.165) is 0 Å². The maximum absolute atomic E-state index is 13.3. The zero-order valence-electron chi connectivity index (χ0n) is 21.4. The minimum Gasteiger partial charge on any atom is -0.491 e. The van der Waals surface area contributed by atoms with Crippen LogP contribution < -0.4 is 10.5 Å². The number of aliphatic imine (C=N–C) groups is 1. The molecule has 2 heterocycles. The SMILES string of the molecule is CCOC(=O)COC1CCN(C(=O)[C@H](C)N2CCOc3cc(C(N)=NC(=O)OCC)ccc3C2=O)CC1. The molecular formula is C25H34N4O8. The third kappa shape index (κ3) is 7.19. The maximum atomic E-state index is 13.3. The van der Waals surface area contributed by atoms with Crippen LogP contribution in [0.1, 0.15) is 49.5 Å². The molecule has 0 unspecified atom stereocenters. The fourth-order valence-electron chi connectivity index (χ4n) is 4.21. The molecule has 3 rings (SSSR count). The van der Waals surface area contributed by atoms with E-state index >= 15 is 0 Å². The van der Waals surface area contributed by atoms with Gasteiger partial charge in [0.05, 0.1) is 31.4 Å². The molecule has 0 saturated carbocycles. The van der Waals surface area contributed by atoms with Crippen molar-refractivity contribution in [2.75, 3.05) is 46.1 Å². The first-order valence-electron chi connectivity index (χ1n) is 12.4. The summed E-state index contributed by atoms with van der Waals surface area (Å²) in [6.07, 6.45) is 0.253. The number of esters is 1. The summed E-state index contributed by atoms with van der Waals surface area (Å²) in [6, 6.07) is 3.95. The average Bonchev–Trinajstić information content (AvgIpc) is 3.05. The predicted molar refractivity (Wildman–Crippen MR) is 132 cm³/mol. The summed E-state index contributed by atoms with van der Waals surface area (Å²) in [6.45, 7) is 6.80. The van der Waals surface area contributed by atoms with Crippen LogP contribution in [0, 0.1) is 0 Å². The Morgan fingerprint density at radius 3 is 2.51 bits per heavy atom. The van der Waals surface area contributed by atoms with Gasteiger partial charge in [0.15, 0.2) is 0 Å². The number of amidine groups is 1. The van der Waals surface area contributed by atoms with Gasteiger partial charge >= 0.3 is 12.1 Å². The lowest BCUT2D eigenvalue weighted by Crippen LogP contribution is -2.52. The fourth-order valence-corrected chi connectivity index (χ4v) is 4.21. The smallest absolute Gasteiger partial charge is 0.435 e. The van der Waals surface area contributed by atoms with Gasteiger partial charge in [0, 0.05) is 18.7 Å². The first-order chi connectivity index (χ1) is 17.7. The topological polar surface area (TPSA) is 150 Å². The highest BCUT2D eigenvalue weighted by Crippen LogP contribution is 2.26. The van der Waals surface area contributed by atoms with Crippen molar-refractivity contribution in [2.45, 2.75) is 45.8 Å². The van der Waals surface area contributed by atoms with E-state index in [2.05, 4.69) is 4.99 Å². The van der Waals surface area contributed by atoms with Gasteiger partial charge in [0.2, 0.25) is 5.91 Å². The molecule has 2 aliphatic rings. The van der Waals surface area contributed by atoms with Crippen LogP contribution in [0.4, 0.5) is 4.79 Å². The second kappa shape index (κ2) is 13.0. The predicted octanol–water partition coefficient (Wildman–Crippen LogP) is 1.34. The summed E-state index contributed by atoms with van der Waals surface area (Å²) >= 11 is 0. The molecule has 0 bridgehead atoms.